The number of amides is 2. The van der Waals surface area contributed by atoms with Crippen LogP contribution in [0, 0.1) is 5.41 Å². The molecule has 3 heterocycles. The van der Waals surface area contributed by atoms with Crippen LogP contribution in [0.4, 0.5) is 0 Å². The maximum Gasteiger partial charge on any atom is 0.291 e. The molecule has 7 nitrogen and oxygen atoms in total. The molecule has 0 atom stereocenters. The SMILES string of the molecule is CC(C)(C)C1=NN(CC(=O)NCc2ccccn2)C(=O)c2cc3ccccc3n2C1. The number of benzene rings is 1. The lowest BCUT2D eigenvalue weighted by Gasteiger charge is -2.23. The minimum absolute atomic E-state index is 0.146. The molecule has 154 valence electrons. The van der Waals surface area contributed by atoms with Crippen molar-refractivity contribution in [2.75, 3.05) is 6.54 Å². The van der Waals surface area contributed by atoms with Crippen LogP contribution in [0.25, 0.3) is 10.9 Å². The summed E-state index contributed by atoms with van der Waals surface area (Å²) in [5.74, 6) is -0.561. The highest BCUT2D eigenvalue weighted by molar-refractivity contribution is 6.03. The number of nitrogens with zero attached hydrogens (tertiary/aromatic N) is 4. The van der Waals surface area contributed by atoms with E-state index in [-0.39, 0.29) is 23.8 Å². The van der Waals surface area contributed by atoms with E-state index in [2.05, 4.69) is 36.2 Å². The summed E-state index contributed by atoms with van der Waals surface area (Å²) in [6, 6.07) is 15.3. The molecule has 2 amide bonds. The van der Waals surface area contributed by atoms with E-state index in [1.165, 1.54) is 5.01 Å². The summed E-state index contributed by atoms with van der Waals surface area (Å²) in [4.78, 5) is 30.1. The average Bonchev–Trinajstić information content (AvgIpc) is 3.02. The highest BCUT2D eigenvalue weighted by atomic mass is 16.2. The van der Waals surface area contributed by atoms with Gasteiger partial charge in [-0.3, -0.25) is 14.6 Å². The van der Waals surface area contributed by atoms with Crippen molar-refractivity contribution in [2.45, 2.75) is 33.9 Å². The predicted octanol–water partition coefficient (Wildman–Crippen LogP) is 3.21. The van der Waals surface area contributed by atoms with Gasteiger partial charge in [-0.25, -0.2) is 5.01 Å². The molecule has 3 aromatic rings. The minimum atomic E-state index is -0.282. The average molecular weight is 403 g/mol. The number of carbonyl (C=O) groups is 2. The molecule has 2 aromatic heterocycles. The summed E-state index contributed by atoms with van der Waals surface area (Å²) in [7, 11) is 0. The highest BCUT2D eigenvalue weighted by Gasteiger charge is 2.31. The van der Waals surface area contributed by atoms with Crippen LogP contribution in [0.3, 0.4) is 0 Å². The van der Waals surface area contributed by atoms with Crippen molar-refractivity contribution in [1.29, 1.82) is 0 Å². The van der Waals surface area contributed by atoms with E-state index in [4.69, 9.17) is 0 Å². The zero-order chi connectivity index (χ0) is 21.3. The number of pyridine rings is 1. The Labute approximate surface area is 175 Å². The zero-order valence-electron chi connectivity index (χ0n) is 17.4. The van der Waals surface area contributed by atoms with Crippen molar-refractivity contribution in [3.63, 3.8) is 0 Å². The molecular formula is C23H25N5O2. The van der Waals surface area contributed by atoms with Gasteiger partial charge in [-0.2, -0.15) is 5.10 Å². The van der Waals surface area contributed by atoms with Crippen LogP contribution < -0.4 is 5.32 Å². The Balaban J connectivity index is 1.62. The maximum absolute atomic E-state index is 13.3. The smallest absolute Gasteiger partial charge is 0.291 e. The van der Waals surface area contributed by atoms with Crippen molar-refractivity contribution in [2.24, 2.45) is 10.5 Å². The third kappa shape index (κ3) is 3.96. The van der Waals surface area contributed by atoms with Crippen LogP contribution in [0.1, 0.15) is 37.0 Å². The van der Waals surface area contributed by atoms with E-state index in [1.807, 2.05) is 53.1 Å². The molecule has 1 N–H and O–H groups in total. The molecule has 0 aliphatic carbocycles. The normalized spacial score (nSPS) is 14.3. The first-order chi connectivity index (χ1) is 14.3. The Kier molecular flexibility index (Phi) is 5.11. The van der Waals surface area contributed by atoms with Gasteiger partial charge in [0.2, 0.25) is 5.91 Å². The van der Waals surface area contributed by atoms with Crippen LogP contribution in [0.15, 0.2) is 59.8 Å². The zero-order valence-corrected chi connectivity index (χ0v) is 17.4. The minimum Gasteiger partial charge on any atom is -0.349 e. The van der Waals surface area contributed by atoms with E-state index in [9.17, 15) is 9.59 Å². The summed E-state index contributed by atoms with van der Waals surface area (Å²) in [6.07, 6.45) is 1.68. The van der Waals surface area contributed by atoms with Gasteiger partial charge in [0.05, 0.1) is 24.5 Å². The predicted molar refractivity (Wildman–Crippen MR) is 116 cm³/mol. The Morgan fingerprint density at radius 3 is 2.63 bits per heavy atom. The van der Waals surface area contributed by atoms with Gasteiger partial charge in [0.15, 0.2) is 0 Å². The molecule has 1 aliphatic heterocycles. The van der Waals surface area contributed by atoms with Crippen LogP contribution in [0.2, 0.25) is 0 Å². The topological polar surface area (TPSA) is 79.6 Å². The van der Waals surface area contributed by atoms with E-state index in [1.54, 1.807) is 6.20 Å². The monoisotopic (exact) mass is 403 g/mol. The molecule has 30 heavy (non-hydrogen) atoms. The standard InChI is InChI=1S/C23H25N5O2/c1-23(2,3)20-14-27-18-10-5-4-8-16(18)12-19(27)22(30)28(26-20)15-21(29)25-13-17-9-6-7-11-24-17/h4-12H,13-15H2,1-3H3,(H,25,29). The van der Waals surface area contributed by atoms with Crippen molar-refractivity contribution in [3.8, 4) is 0 Å². The number of carbonyl (C=O) groups excluding carboxylic acids is 2. The second kappa shape index (κ2) is 7.74. The number of para-hydroxylation sites is 1. The van der Waals surface area contributed by atoms with Crippen LogP contribution in [-0.2, 0) is 17.9 Å². The van der Waals surface area contributed by atoms with Gasteiger partial charge >= 0.3 is 0 Å². The van der Waals surface area contributed by atoms with Crippen LogP contribution >= 0.6 is 0 Å². The largest absolute Gasteiger partial charge is 0.349 e. The molecule has 4 rings (SSSR count). The third-order valence-corrected chi connectivity index (χ3v) is 5.17. The molecule has 0 fully saturated rings. The van der Waals surface area contributed by atoms with Crippen molar-refractivity contribution in [3.05, 3.63) is 66.1 Å². The summed E-state index contributed by atoms with van der Waals surface area (Å²) in [5.41, 5.74) is 2.87. The molecule has 0 saturated heterocycles. The fraction of sp³-hybridized carbons (Fsp3) is 0.304. The summed E-state index contributed by atoms with van der Waals surface area (Å²) < 4.78 is 1.99. The quantitative estimate of drug-likeness (QED) is 0.726. The Bertz CT molecular complexity index is 1130. The lowest BCUT2D eigenvalue weighted by atomic mass is 9.90. The summed E-state index contributed by atoms with van der Waals surface area (Å²) in [5, 5.41) is 9.72. The Hall–Kier alpha value is -3.48. The number of hydrogen-bond acceptors (Lipinski definition) is 4. The molecule has 0 bridgehead atoms. The molecule has 1 aliphatic rings. The van der Waals surface area contributed by atoms with Crippen LogP contribution in [-0.4, -0.2) is 38.6 Å². The van der Waals surface area contributed by atoms with E-state index < -0.39 is 0 Å². The second-order valence-electron chi connectivity index (χ2n) is 8.43. The molecule has 0 radical (unpaired) electrons. The number of rotatable bonds is 4. The number of hydrazone groups is 1. The van der Waals surface area contributed by atoms with Gasteiger partial charge in [-0.1, -0.05) is 45.0 Å². The first kappa shape index (κ1) is 19.8. The Morgan fingerprint density at radius 2 is 1.90 bits per heavy atom. The van der Waals surface area contributed by atoms with Gasteiger partial charge in [0.25, 0.3) is 5.91 Å². The lowest BCUT2D eigenvalue weighted by Crippen LogP contribution is -2.38. The van der Waals surface area contributed by atoms with E-state index >= 15 is 0 Å². The number of nitrogens with one attached hydrogen (secondary N) is 1. The van der Waals surface area contributed by atoms with Gasteiger partial charge in [0, 0.05) is 22.5 Å². The van der Waals surface area contributed by atoms with Gasteiger partial charge in [-0.15, -0.1) is 0 Å². The highest BCUT2D eigenvalue weighted by Crippen LogP contribution is 2.27. The fourth-order valence-electron chi connectivity index (χ4n) is 3.44. The molecule has 0 saturated carbocycles. The number of fused-ring (bicyclic) bond motifs is 3. The molecule has 0 unspecified atom stereocenters. The first-order valence-corrected chi connectivity index (χ1v) is 9.97. The van der Waals surface area contributed by atoms with Crippen LogP contribution in [0.5, 0.6) is 0 Å². The van der Waals surface area contributed by atoms with Crippen molar-refractivity contribution < 1.29 is 9.59 Å². The Morgan fingerprint density at radius 1 is 1.13 bits per heavy atom. The number of hydrogen-bond donors (Lipinski definition) is 1. The van der Waals surface area contributed by atoms with Gasteiger partial charge in [-0.05, 0) is 24.3 Å². The van der Waals surface area contributed by atoms with Gasteiger partial charge < -0.3 is 9.88 Å². The lowest BCUT2D eigenvalue weighted by molar-refractivity contribution is -0.122. The van der Waals surface area contributed by atoms with E-state index in [0.29, 0.717) is 18.8 Å². The van der Waals surface area contributed by atoms with Gasteiger partial charge in [0.1, 0.15) is 12.2 Å². The second-order valence-corrected chi connectivity index (χ2v) is 8.43. The first-order valence-electron chi connectivity index (χ1n) is 9.97. The molecule has 1 aromatic carbocycles. The number of aromatic nitrogens is 2. The molecular weight excluding hydrogens is 378 g/mol. The third-order valence-electron chi connectivity index (χ3n) is 5.17. The molecule has 0 spiro atoms. The van der Waals surface area contributed by atoms with Crippen molar-refractivity contribution >= 4 is 28.4 Å². The fourth-order valence-corrected chi connectivity index (χ4v) is 3.44. The van der Waals surface area contributed by atoms with E-state index in [0.717, 1.165) is 22.3 Å². The summed E-state index contributed by atoms with van der Waals surface area (Å²) >= 11 is 0. The molecule has 7 heteroatoms. The maximum atomic E-state index is 13.3. The van der Waals surface area contributed by atoms with Crippen molar-refractivity contribution in [1.82, 2.24) is 19.9 Å². The summed E-state index contributed by atoms with van der Waals surface area (Å²) in [6.45, 7) is 6.85.